The second kappa shape index (κ2) is 8.14. The number of oxime groups is 1. The van der Waals surface area contributed by atoms with Crippen LogP contribution in [0.25, 0.3) is 0 Å². The van der Waals surface area contributed by atoms with Crippen LogP contribution in [0.2, 0.25) is 0 Å². The van der Waals surface area contributed by atoms with E-state index in [1.165, 1.54) is 13.3 Å². The van der Waals surface area contributed by atoms with Crippen LogP contribution in [0, 0.1) is 6.92 Å². The number of thiocarbonyl (C=S) groups is 1. The lowest BCUT2D eigenvalue weighted by Gasteiger charge is -2.12. The summed E-state index contributed by atoms with van der Waals surface area (Å²) in [6, 6.07) is 15.4. The molecule has 0 spiro atoms. The van der Waals surface area contributed by atoms with Gasteiger partial charge >= 0.3 is 0 Å². The largest absolute Gasteiger partial charge is 0.488 e. The highest BCUT2D eigenvalue weighted by Crippen LogP contribution is 2.22. The number of aryl methyl sites for hydroxylation is 1. The molecule has 0 radical (unpaired) electrons. The van der Waals surface area contributed by atoms with Crippen molar-refractivity contribution in [3.63, 3.8) is 0 Å². The van der Waals surface area contributed by atoms with Gasteiger partial charge in [0.2, 0.25) is 5.05 Å². The molecular weight excluding hydrogens is 298 g/mol. The first-order chi connectivity index (χ1) is 10.7. The number of benzene rings is 2. The standard InChI is InChI=1S/C17H17NO3S/c1-13-7-3-5-9-15(13)20-12-14-8-4-6-10-16(14)21-17(22)11-18-19-2/h3-11H,12H2,1-2H3. The Morgan fingerprint density at radius 3 is 2.50 bits per heavy atom. The summed E-state index contributed by atoms with van der Waals surface area (Å²) < 4.78 is 11.4. The SMILES string of the molecule is CON=CC(=S)Oc1ccccc1COc1ccccc1C. The van der Waals surface area contributed by atoms with Crippen molar-refractivity contribution in [3.8, 4) is 11.5 Å². The molecule has 0 amide bonds. The van der Waals surface area contributed by atoms with Crippen LogP contribution >= 0.6 is 12.2 Å². The molecule has 0 N–H and O–H groups in total. The molecule has 0 aliphatic heterocycles. The smallest absolute Gasteiger partial charge is 0.212 e. The zero-order chi connectivity index (χ0) is 15.8. The Labute approximate surface area is 135 Å². The molecule has 2 aromatic rings. The molecule has 0 heterocycles. The van der Waals surface area contributed by atoms with Crippen LogP contribution < -0.4 is 9.47 Å². The van der Waals surface area contributed by atoms with Crippen LogP contribution in [0.5, 0.6) is 11.5 Å². The van der Waals surface area contributed by atoms with Gasteiger partial charge in [-0.1, -0.05) is 41.6 Å². The van der Waals surface area contributed by atoms with Crippen molar-refractivity contribution in [2.24, 2.45) is 5.16 Å². The van der Waals surface area contributed by atoms with Gasteiger partial charge in [-0.05, 0) is 36.8 Å². The van der Waals surface area contributed by atoms with Crippen LogP contribution in [0.1, 0.15) is 11.1 Å². The second-order valence-corrected chi connectivity index (χ2v) is 4.90. The summed E-state index contributed by atoms with van der Waals surface area (Å²) in [5.41, 5.74) is 1.99. The van der Waals surface area contributed by atoms with Gasteiger partial charge in [0.1, 0.15) is 31.4 Å². The Kier molecular flexibility index (Phi) is 5.91. The van der Waals surface area contributed by atoms with Crippen molar-refractivity contribution in [2.45, 2.75) is 13.5 Å². The van der Waals surface area contributed by atoms with E-state index in [1.54, 1.807) is 0 Å². The van der Waals surface area contributed by atoms with Crippen molar-refractivity contribution in [2.75, 3.05) is 7.11 Å². The van der Waals surface area contributed by atoms with E-state index in [4.69, 9.17) is 21.7 Å². The van der Waals surface area contributed by atoms with E-state index < -0.39 is 0 Å². The van der Waals surface area contributed by atoms with Crippen LogP contribution in [0.15, 0.2) is 53.7 Å². The zero-order valence-electron chi connectivity index (χ0n) is 12.5. The van der Waals surface area contributed by atoms with Crippen LogP contribution in [-0.4, -0.2) is 18.4 Å². The van der Waals surface area contributed by atoms with E-state index in [-0.39, 0.29) is 5.05 Å². The van der Waals surface area contributed by atoms with E-state index in [0.29, 0.717) is 12.4 Å². The molecule has 0 saturated carbocycles. The Morgan fingerprint density at radius 2 is 1.77 bits per heavy atom. The zero-order valence-corrected chi connectivity index (χ0v) is 13.3. The molecule has 114 valence electrons. The molecule has 22 heavy (non-hydrogen) atoms. The lowest BCUT2D eigenvalue weighted by Crippen LogP contribution is -2.09. The highest BCUT2D eigenvalue weighted by Gasteiger charge is 2.07. The third kappa shape index (κ3) is 4.56. The summed E-state index contributed by atoms with van der Waals surface area (Å²) in [5.74, 6) is 1.49. The van der Waals surface area contributed by atoms with Gasteiger partial charge in [0.25, 0.3) is 0 Å². The van der Waals surface area contributed by atoms with E-state index in [2.05, 4.69) is 9.99 Å². The van der Waals surface area contributed by atoms with Crippen molar-refractivity contribution < 1.29 is 14.3 Å². The van der Waals surface area contributed by atoms with E-state index in [9.17, 15) is 0 Å². The fraction of sp³-hybridized carbons (Fsp3) is 0.176. The number of para-hydroxylation sites is 2. The fourth-order valence-electron chi connectivity index (χ4n) is 1.83. The maximum Gasteiger partial charge on any atom is 0.212 e. The first-order valence-electron chi connectivity index (χ1n) is 6.75. The summed E-state index contributed by atoms with van der Waals surface area (Å²) in [7, 11) is 1.45. The van der Waals surface area contributed by atoms with Gasteiger partial charge in [-0.15, -0.1) is 0 Å². The van der Waals surface area contributed by atoms with Crippen molar-refractivity contribution in [1.82, 2.24) is 0 Å². The summed E-state index contributed by atoms with van der Waals surface area (Å²) in [6.45, 7) is 2.40. The summed E-state index contributed by atoms with van der Waals surface area (Å²) >= 11 is 5.07. The third-order valence-corrected chi connectivity index (χ3v) is 3.11. The monoisotopic (exact) mass is 315 g/mol. The third-order valence-electron chi connectivity index (χ3n) is 2.92. The first-order valence-corrected chi connectivity index (χ1v) is 7.16. The van der Waals surface area contributed by atoms with Gasteiger partial charge in [0.15, 0.2) is 0 Å². The molecule has 0 aliphatic carbocycles. The molecule has 0 aliphatic rings. The maximum absolute atomic E-state index is 5.84. The van der Waals surface area contributed by atoms with Crippen LogP contribution in [-0.2, 0) is 11.4 Å². The molecule has 0 bridgehead atoms. The minimum Gasteiger partial charge on any atom is -0.488 e. The predicted molar refractivity (Wildman–Crippen MR) is 90.7 cm³/mol. The topological polar surface area (TPSA) is 40.0 Å². The predicted octanol–water partition coefficient (Wildman–Crippen LogP) is 3.91. The molecule has 5 heteroatoms. The first kappa shape index (κ1) is 16.0. The fourth-order valence-corrected chi connectivity index (χ4v) is 1.96. The van der Waals surface area contributed by atoms with E-state index in [1.807, 2.05) is 55.5 Å². The van der Waals surface area contributed by atoms with E-state index in [0.717, 1.165) is 16.9 Å². The number of ether oxygens (including phenoxy) is 2. The molecule has 0 saturated heterocycles. The molecule has 0 aromatic heterocycles. The van der Waals surface area contributed by atoms with Gasteiger partial charge in [-0.2, -0.15) is 0 Å². The van der Waals surface area contributed by atoms with Gasteiger partial charge in [0.05, 0.1) is 0 Å². The van der Waals surface area contributed by atoms with Crippen LogP contribution in [0.4, 0.5) is 0 Å². The molecule has 2 aromatic carbocycles. The van der Waals surface area contributed by atoms with Crippen molar-refractivity contribution >= 4 is 23.5 Å². The Hall–Kier alpha value is -2.40. The summed E-state index contributed by atoms with van der Waals surface area (Å²) in [6.07, 6.45) is 1.34. The molecule has 4 nitrogen and oxygen atoms in total. The summed E-state index contributed by atoms with van der Waals surface area (Å²) in [5, 5.41) is 3.81. The lowest BCUT2D eigenvalue weighted by atomic mass is 10.2. The normalized spacial score (nSPS) is 10.5. The van der Waals surface area contributed by atoms with Gasteiger partial charge in [0, 0.05) is 5.56 Å². The minimum absolute atomic E-state index is 0.227. The number of hydrogen-bond acceptors (Lipinski definition) is 5. The highest BCUT2D eigenvalue weighted by atomic mass is 32.1. The average molecular weight is 315 g/mol. The lowest BCUT2D eigenvalue weighted by molar-refractivity contribution is 0.215. The second-order valence-electron chi connectivity index (χ2n) is 4.50. The van der Waals surface area contributed by atoms with Crippen LogP contribution in [0.3, 0.4) is 0 Å². The molecular formula is C17H17NO3S. The van der Waals surface area contributed by atoms with Gasteiger partial charge in [-0.25, -0.2) is 0 Å². The van der Waals surface area contributed by atoms with Gasteiger partial charge in [-0.3, -0.25) is 0 Å². The molecule has 0 atom stereocenters. The quantitative estimate of drug-likeness (QED) is 0.460. The van der Waals surface area contributed by atoms with Gasteiger partial charge < -0.3 is 14.3 Å². The van der Waals surface area contributed by atoms with E-state index >= 15 is 0 Å². The van der Waals surface area contributed by atoms with Crippen molar-refractivity contribution in [3.05, 3.63) is 59.7 Å². The minimum atomic E-state index is 0.227. The number of rotatable bonds is 6. The molecule has 0 unspecified atom stereocenters. The maximum atomic E-state index is 5.84. The molecule has 2 rings (SSSR count). The van der Waals surface area contributed by atoms with Crippen molar-refractivity contribution in [1.29, 1.82) is 0 Å². The highest BCUT2D eigenvalue weighted by molar-refractivity contribution is 7.81. The number of hydrogen-bond donors (Lipinski definition) is 0. The summed E-state index contributed by atoms with van der Waals surface area (Å²) in [4.78, 5) is 4.58. The Balaban J connectivity index is 2.07. The average Bonchev–Trinajstić information content (AvgIpc) is 2.53. The Morgan fingerprint density at radius 1 is 1.09 bits per heavy atom. The molecule has 0 fully saturated rings. The Bertz CT molecular complexity index is 670. The number of nitrogens with zero attached hydrogens (tertiary/aromatic N) is 1.